The summed E-state index contributed by atoms with van der Waals surface area (Å²) in [5.74, 6) is 0. The van der Waals surface area contributed by atoms with Gasteiger partial charge in [-0.15, -0.1) is 0 Å². The first-order valence-corrected chi connectivity index (χ1v) is 21.7. The highest BCUT2D eigenvalue weighted by Crippen LogP contribution is 2.62. The molecule has 0 amide bonds. The molecule has 0 aromatic heterocycles. The van der Waals surface area contributed by atoms with E-state index in [0.717, 1.165) is 17.1 Å². The van der Waals surface area contributed by atoms with E-state index in [9.17, 15) is 0 Å². The van der Waals surface area contributed by atoms with Crippen LogP contribution in [-0.4, -0.2) is 0 Å². The second kappa shape index (κ2) is 13.3. The van der Waals surface area contributed by atoms with E-state index in [2.05, 4.69) is 231 Å². The molecule has 2 heteroatoms. The molecule has 0 atom stereocenters. The normalized spacial score (nSPS) is 14.4. The molecule has 2 aliphatic carbocycles. The average Bonchev–Trinajstić information content (AvgIpc) is 3.47. The van der Waals surface area contributed by atoms with E-state index in [-0.39, 0.29) is 5.41 Å². The van der Waals surface area contributed by atoms with Gasteiger partial charge in [-0.3, -0.25) is 0 Å². The van der Waals surface area contributed by atoms with E-state index in [1.54, 1.807) is 0 Å². The molecular formula is C58H41NS. The lowest BCUT2D eigenvalue weighted by molar-refractivity contribution is 0.660. The lowest BCUT2D eigenvalue weighted by Gasteiger charge is -2.43. The summed E-state index contributed by atoms with van der Waals surface area (Å²) in [6.07, 6.45) is 0. The Bertz CT molecular complexity index is 3090. The number of nitrogens with zero attached hydrogens (tertiary/aromatic N) is 1. The van der Waals surface area contributed by atoms with Crippen LogP contribution in [0.15, 0.2) is 222 Å². The van der Waals surface area contributed by atoms with Crippen molar-refractivity contribution in [3.05, 3.63) is 246 Å². The third-order valence-electron chi connectivity index (χ3n) is 13.4. The minimum absolute atomic E-state index is 0.131. The number of anilines is 3. The molecule has 0 fully saturated rings. The number of hydrogen-bond acceptors (Lipinski definition) is 2. The van der Waals surface area contributed by atoms with Crippen molar-refractivity contribution in [1.82, 2.24) is 0 Å². The summed E-state index contributed by atoms with van der Waals surface area (Å²) < 4.78 is 0. The van der Waals surface area contributed by atoms with E-state index < -0.39 is 5.41 Å². The second-order valence-corrected chi connectivity index (χ2v) is 17.9. The molecule has 0 radical (unpaired) electrons. The molecule has 9 aromatic rings. The maximum atomic E-state index is 2.51. The third kappa shape index (κ3) is 5.01. The Morgan fingerprint density at radius 1 is 0.317 bits per heavy atom. The van der Waals surface area contributed by atoms with Crippen molar-refractivity contribution in [1.29, 1.82) is 0 Å². The SMILES string of the molecule is CC1(C)c2ccccc2-c2ccc(N(c3ccc(-c4ccccc4)cc3)c3ccc4c(c3)C3(c5ccccc5S4)c4ccccc4-c4ccccc4-c4ccccc43)cc21. The summed E-state index contributed by atoms with van der Waals surface area (Å²) in [5.41, 5.74) is 20.8. The Morgan fingerprint density at radius 3 is 1.40 bits per heavy atom. The largest absolute Gasteiger partial charge is 0.310 e. The minimum Gasteiger partial charge on any atom is -0.310 e. The van der Waals surface area contributed by atoms with Gasteiger partial charge in [-0.2, -0.15) is 0 Å². The van der Waals surface area contributed by atoms with Gasteiger partial charge in [0.25, 0.3) is 0 Å². The van der Waals surface area contributed by atoms with Crippen LogP contribution in [0.25, 0.3) is 44.5 Å². The van der Waals surface area contributed by atoms with E-state index in [0.29, 0.717) is 0 Å². The molecule has 284 valence electrons. The summed E-state index contributed by atoms with van der Waals surface area (Å²) >= 11 is 1.89. The monoisotopic (exact) mass is 783 g/mol. The Balaban J connectivity index is 1.13. The zero-order chi connectivity index (χ0) is 40.0. The summed E-state index contributed by atoms with van der Waals surface area (Å²) in [6, 6.07) is 79.5. The average molecular weight is 784 g/mol. The molecule has 1 aliphatic heterocycles. The Morgan fingerprint density at radius 2 is 0.750 bits per heavy atom. The van der Waals surface area contributed by atoms with Crippen molar-refractivity contribution in [3.63, 3.8) is 0 Å². The molecule has 0 saturated carbocycles. The molecule has 0 saturated heterocycles. The first-order valence-electron chi connectivity index (χ1n) is 20.9. The first-order chi connectivity index (χ1) is 29.5. The van der Waals surface area contributed by atoms with Crippen molar-refractivity contribution in [2.45, 2.75) is 34.5 Å². The van der Waals surface area contributed by atoms with Crippen molar-refractivity contribution in [2.24, 2.45) is 0 Å². The first kappa shape index (κ1) is 35.1. The van der Waals surface area contributed by atoms with Crippen LogP contribution in [0.4, 0.5) is 17.1 Å². The zero-order valence-corrected chi connectivity index (χ0v) is 34.4. The zero-order valence-electron chi connectivity index (χ0n) is 33.6. The molecule has 3 aliphatic rings. The molecule has 1 spiro atoms. The maximum Gasteiger partial charge on any atom is 0.0736 e. The minimum atomic E-state index is -0.593. The smallest absolute Gasteiger partial charge is 0.0736 e. The third-order valence-corrected chi connectivity index (χ3v) is 14.5. The van der Waals surface area contributed by atoms with Gasteiger partial charge in [-0.1, -0.05) is 189 Å². The predicted molar refractivity (Wildman–Crippen MR) is 251 cm³/mol. The number of hydrogen-bond donors (Lipinski definition) is 0. The van der Waals surface area contributed by atoms with E-state index in [1.807, 2.05) is 11.8 Å². The maximum absolute atomic E-state index is 2.51. The molecule has 60 heavy (non-hydrogen) atoms. The summed E-state index contributed by atoms with van der Waals surface area (Å²) in [7, 11) is 0. The molecular weight excluding hydrogens is 743 g/mol. The highest BCUT2D eigenvalue weighted by molar-refractivity contribution is 7.99. The van der Waals surface area contributed by atoms with Gasteiger partial charge < -0.3 is 4.90 Å². The van der Waals surface area contributed by atoms with Crippen LogP contribution in [0.3, 0.4) is 0 Å². The molecule has 0 unspecified atom stereocenters. The topological polar surface area (TPSA) is 3.24 Å². The van der Waals surface area contributed by atoms with Crippen LogP contribution in [0.5, 0.6) is 0 Å². The predicted octanol–water partition coefficient (Wildman–Crippen LogP) is 15.6. The van der Waals surface area contributed by atoms with Gasteiger partial charge >= 0.3 is 0 Å². The van der Waals surface area contributed by atoms with Gasteiger partial charge in [0.2, 0.25) is 0 Å². The van der Waals surface area contributed by atoms with Crippen molar-refractivity contribution in [2.75, 3.05) is 4.90 Å². The Kier molecular flexibility index (Phi) is 7.80. The van der Waals surface area contributed by atoms with Crippen LogP contribution in [-0.2, 0) is 10.8 Å². The summed E-state index contributed by atoms with van der Waals surface area (Å²) in [5, 5.41) is 0. The van der Waals surface area contributed by atoms with Gasteiger partial charge in [0.1, 0.15) is 0 Å². The van der Waals surface area contributed by atoms with Crippen molar-refractivity contribution >= 4 is 28.8 Å². The fraction of sp³-hybridized carbons (Fsp3) is 0.0690. The molecule has 9 aromatic carbocycles. The quantitative estimate of drug-likeness (QED) is 0.175. The second-order valence-electron chi connectivity index (χ2n) is 16.8. The fourth-order valence-corrected chi connectivity index (χ4v) is 11.8. The van der Waals surface area contributed by atoms with Gasteiger partial charge in [-0.05, 0) is 126 Å². The van der Waals surface area contributed by atoms with E-state index >= 15 is 0 Å². The van der Waals surface area contributed by atoms with E-state index in [4.69, 9.17) is 0 Å². The molecule has 1 heterocycles. The molecule has 1 nitrogen and oxygen atoms in total. The van der Waals surface area contributed by atoms with Crippen LogP contribution >= 0.6 is 11.8 Å². The highest BCUT2D eigenvalue weighted by Gasteiger charge is 2.48. The number of fused-ring (bicyclic) bond motifs is 14. The van der Waals surface area contributed by atoms with Crippen molar-refractivity contribution < 1.29 is 0 Å². The molecule has 12 rings (SSSR count). The van der Waals surface area contributed by atoms with Gasteiger partial charge in [-0.25, -0.2) is 0 Å². The van der Waals surface area contributed by atoms with Crippen LogP contribution < -0.4 is 4.90 Å². The highest BCUT2D eigenvalue weighted by atomic mass is 32.2. The molecule has 0 N–H and O–H groups in total. The van der Waals surface area contributed by atoms with Crippen LogP contribution in [0.2, 0.25) is 0 Å². The lowest BCUT2D eigenvalue weighted by Crippen LogP contribution is -2.34. The standard InChI is InChI=1S/C58H41NS/c1-57(2)49-23-11-8-22-47(49)48-34-32-41(36-53(48)57)59(40-30-28-39(29-31-40)38-16-4-3-5-17-38)42-33-35-56-54(37-42)58(52-26-14-15-27-55(52)60-56)50-24-12-9-20-45(50)43-18-6-7-19-44(43)46-21-10-13-25-51(46)58/h3-37H,1-2H3. The fourth-order valence-electron chi connectivity index (χ4n) is 10.6. The lowest BCUT2D eigenvalue weighted by atomic mass is 9.63. The molecule has 0 bridgehead atoms. The van der Waals surface area contributed by atoms with Gasteiger partial charge in [0, 0.05) is 32.3 Å². The van der Waals surface area contributed by atoms with Gasteiger partial charge in [0.15, 0.2) is 0 Å². The van der Waals surface area contributed by atoms with Gasteiger partial charge in [0.05, 0.1) is 5.41 Å². The van der Waals surface area contributed by atoms with Crippen LogP contribution in [0.1, 0.15) is 47.2 Å². The van der Waals surface area contributed by atoms with Crippen LogP contribution in [0, 0.1) is 0 Å². The number of benzene rings is 9. The van der Waals surface area contributed by atoms with Crippen molar-refractivity contribution in [3.8, 4) is 44.5 Å². The summed E-state index contributed by atoms with van der Waals surface area (Å²) in [6.45, 7) is 4.74. The Labute approximate surface area is 356 Å². The summed E-state index contributed by atoms with van der Waals surface area (Å²) in [4.78, 5) is 5.05. The van der Waals surface area contributed by atoms with E-state index in [1.165, 1.54) is 87.7 Å². The number of rotatable bonds is 4. The Hall–Kier alpha value is -6.87.